The summed E-state index contributed by atoms with van der Waals surface area (Å²) in [6.45, 7) is 3.81. The van der Waals surface area contributed by atoms with Gasteiger partial charge in [-0.3, -0.25) is 4.79 Å². The maximum atomic E-state index is 11.9. The molecule has 0 radical (unpaired) electrons. The summed E-state index contributed by atoms with van der Waals surface area (Å²) >= 11 is 0. The van der Waals surface area contributed by atoms with Crippen molar-refractivity contribution in [1.29, 1.82) is 5.26 Å². The highest BCUT2D eigenvalue weighted by Gasteiger charge is 2.41. The summed E-state index contributed by atoms with van der Waals surface area (Å²) < 4.78 is 0. The van der Waals surface area contributed by atoms with Gasteiger partial charge >= 0.3 is 0 Å². The number of hydrogen-bond acceptors (Lipinski definition) is 2. The minimum atomic E-state index is -0.474. The second kappa shape index (κ2) is 2.83. The molecule has 0 fully saturated rings. The Morgan fingerprint density at radius 1 is 1.40 bits per heavy atom. The van der Waals surface area contributed by atoms with E-state index in [1.807, 2.05) is 19.9 Å². The van der Waals surface area contributed by atoms with E-state index in [-0.39, 0.29) is 5.91 Å². The molecule has 3 nitrogen and oxygen atoms in total. The Morgan fingerprint density at radius 2 is 2.07 bits per heavy atom. The van der Waals surface area contributed by atoms with Crippen molar-refractivity contribution in [3.63, 3.8) is 0 Å². The molecule has 0 aromatic heterocycles. The molecule has 0 spiro atoms. The van der Waals surface area contributed by atoms with Crippen LogP contribution in [0.3, 0.4) is 0 Å². The quantitative estimate of drug-likeness (QED) is 0.641. The zero-order valence-electron chi connectivity index (χ0n) is 9.03. The first-order valence-electron chi connectivity index (χ1n) is 4.81. The van der Waals surface area contributed by atoms with E-state index in [0.717, 1.165) is 11.3 Å². The minimum absolute atomic E-state index is 0.0765. The third-order valence-electron chi connectivity index (χ3n) is 3.00. The lowest BCUT2D eigenvalue weighted by Gasteiger charge is -2.16. The molecular formula is C12H12N2O. The monoisotopic (exact) mass is 200 g/mol. The fourth-order valence-corrected chi connectivity index (χ4v) is 2.05. The van der Waals surface area contributed by atoms with Gasteiger partial charge in [0.2, 0.25) is 5.91 Å². The lowest BCUT2D eigenvalue weighted by Crippen LogP contribution is -2.33. The first-order valence-corrected chi connectivity index (χ1v) is 4.81. The van der Waals surface area contributed by atoms with Gasteiger partial charge in [-0.2, -0.15) is 5.26 Å². The molecule has 1 aromatic carbocycles. The molecule has 0 saturated carbocycles. The van der Waals surface area contributed by atoms with Crippen molar-refractivity contribution in [3.05, 3.63) is 29.3 Å². The predicted octanol–water partition coefficient (Wildman–Crippen LogP) is 1.81. The molecule has 15 heavy (non-hydrogen) atoms. The Balaban J connectivity index is 2.67. The molecule has 1 heterocycles. The summed E-state index contributed by atoms with van der Waals surface area (Å²) in [6.07, 6.45) is 0. The third kappa shape index (κ3) is 1.15. The number of likely N-dealkylation sites (N-methyl/N-ethyl adjacent to an activating group) is 1. The molecule has 2 rings (SSSR count). The van der Waals surface area contributed by atoms with Crippen LogP contribution in [0.4, 0.5) is 5.69 Å². The van der Waals surface area contributed by atoms with Gasteiger partial charge in [0.25, 0.3) is 0 Å². The van der Waals surface area contributed by atoms with Crippen LogP contribution in [0.1, 0.15) is 25.0 Å². The maximum absolute atomic E-state index is 11.9. The molecular weight excluding hydrogens is 188 g/mol. The molecule has 0 N–H and O–H groups in total. The standard InChI is InChI=1S/C12H12N2O/c1-12(2)9-5-4-8(7-13)6-10(9)14(3)11(12)15/h4-6H,1-3H3. The van der Waals surface area contributed by atoms with E-state index in [1.165, 1.54) is 0 Å². The van der Waals surface area contributed by atoms with Gasteiger partial charge in [0.1, 0.15) is 0 Å². The largest absolute Gasteiger partial charge is 0.314 e. The van der Waals surface area contributed by atoms with Crippen LogP contribution in [0.5, 0.6) is 0 Å². The van der Waals surface area contributed by atoms with Gasteiger partial charge in [0.05, 0.1) is 17.0 Å². The molecule has 0 unspecified atom stereocenters. The highest BCUT2D eigenvalue weighted by atomic mass is 16.2. The van der Waals surface area contributed by atoms with Crippen molar-refractivity contribution in [2.75, 3.05) is 11.9 Å². The summed E-state index contributed by atoms with van der Waals surface area (Å²) in [5, 5.41) is 8.80. The van der Waals surface area contributed by atoms with Gasteiger partial charge in [-0.15, -0.1) is 0 Å². The smallest absolute Gasteiger partial charge is 0.236 e. The second-order valence-electron chi connectivity index (χ2n) is 4.33. The summed E-state index contributed by atoms with van der Waals surface area (Å²) in [5.41, 5.74) is 1.96. The van der Waals surface area contributed by atoms with Crippen molar-refractivity contribution in [2.45, 2.75) is 19.3 Å². The molecule has 1 amide bonds. The lowest BCUT2D eigenvalue weighted by molar-refractivity contribution is -0.121. The van der Waals surface area contributed by atoms with Crippen molar-refractivity contribution in [3.8, 4) is 6.07 Å². The summed E-state index contributed by atoms with van der Waals surface area (Å²) in [7, 11) is 1.75. The van der Waals surface area contributed by atoms with Crippen molar-refractivity contribution < 1.29 is 4.79 Å². The summed E-state index contributed by atoms with van der Waals surface area (Å²) in [6, 6.07) is 7.47. The van der Waals surface area contributed by atoms with Crippen molar-refractivity contribution in [2.24, 2.45) is 0 Å². The van der Waals surface area contributed by atoms with Crippen LogP contribution in [-0.2, 0) is 10.2 Å². The zero-order valence-corrected chi connectivity index (χ0v) is 9.03. The van der Waals surface area contributed by atoms with E-state index in [4.69, 9.17) is 5.26 Å². The Labute approximate surface area is 88.9 Å². The molecule has 0 bridgehead atoms. The molecule has 3 heteroatoms. The number of hydrogen-bond donors (Lipinski definition) is 0. The highest BCUT2D eigenvalue weighted by molar-refractivity contribution is 6.07. The number of nitriles is 1. The number of carbonyl (C=O) groups is 1. The van der Waals surface area contributed by atoms with Crippen LogP contribution in [0.25, 0.3) is 0 Å². The van der Waals surface area contributed by atoms with E-state index in [0.29, 0.717) is 5.56 Å². The van der Waals surface area contributed by atoms with E-state index in [1.54, 1.807) is 24.1 Å². The summed E-state index contributed by atoms with van der Waals surface area (Å²) in [5.74, 6) is 0.0765. The van der Waals surface area contributed by atoms with Crippen molar-refractivity contribution in [1.82, 2.24) is 0 Å². The molecule has 0 atom stereocenters. The Bertz CT molecular complexity index is 483. The molecule has 76 valence electrons. The number of fused-ring (bicyclic) bond motifs is 1. The van der Waals surface area contributed by atoms with Crippen LogP contribution >= 0.6 is 0 Å². The molecule has 1 aliphatic rings. The van der Waals surface area contributed by atoms with E-state index in [9.17, 15) is 4.79 Å². The Kier molecular flexibility index (Phi) is 1.84. The third-order valence-corrected chi connectivity index (χ3v) is 3.00. The summed E-state index contributed by atoms with van der Waals surface area (Å²) in [4.78, 5) is 13.5. The number of amides is 1. The van der Waals surface area contributed by atoms with Gasteiger partial charge in [0, 0.05) is 12.7 Å². The van der Waals surface area contributed by atoms with Gasteiger partial charge in [-0.1, -0.05) is 6.07 Å². The second-order valence-corrected chi connectivity index (χ2v) is 4.33. The van der Waals surface area contributed by atoms with E-state index in [2.05, 4.69) is 6.07 Å². The predicted molar refractivity (Wildman–Crippen MR) is 57.6 cm³/mol. The lowest BCUT2D eigenvalue weighted by atomic mass is 9.86. The van der Waals surface area contributed by atoms with E-state index < -0.39 is 5.41 Å². The number of rotatable bonds is 0. The minimum Gasteiger partial charge on any atom is -0.314 e. The van der Waals surface area contributed by atoms with Crippen LogP contribution in [-0.4, -0.2) is 13.0 Å². The Hall–Kier alpha value is -1.82. The van der Waals surface area contributed by atoms with Gasteiger partial charge in [0.15, 0.2) is 0 Å². The van der Waals surface area contributed by atoms with Gasteiger partial charge < -0.3 is 4.90 Å². The normalized spacial score (nSPS) is 17.5. The molecule has 1 aromatic rings. The average Bonchev–Trinajstić information content (AvgIpc) is 2.40. The topological polar surface area (TPSA) is 44.1 Å². The first-order chi connectivity index (χ1) is 6.98. The molecule has 0 saturated heterocycles. The number of carbonyl (C=O) groups excluding carboxylic acids is 1. The van der Waals surface area contributed by atoms with Gasteiger partial charge in [-0.05, 0) is 31.5 Å². The molecule has 1 aliphatic heterocycles. The van der Waals surface area contributed by atoms with E-state index >= 15 is 0 Å². The number of nitrogens with zero attached hydrogens (tertiary/aromatic N) is 2. The fourth-order valence-electron chi connectivity index (χ4n) is 2.05. The van der Waals surface area contributed by atoms with Crippen LogP contribution in [0.15, 0.2) is 18.2 Å². The number of benzene rings is 1. The van der Waals surface area contributed by atoms with Gasteiger partial charge in [-0.25, -0.2) is 0 Å². The van der Waals surface area contributed by atoms with Crippen LogP contribution in [0.2, 0.25) is 0 Å². The molecule has 0 aliphatic carbocycles. The highest BCUT2D eigenvalue weighted by Crippen LogP contribution is 2.40. The first kappa shape index (κ1) is 9.72. The average molecular weight is 200 g/mol. The SMILES string of the molecule is CN1C(=O)C(C)(C)c2ccc(C#N)cc21. The van der Waals surface area contributed by atoms with Crippen LogP contribution < -0.4 is 4.90 Å². The maximum Gasteiger partial charge on any atom is 0.236 e. The fraction of sp³-hybridized carbons (Fsp3) is 0.333. The number of anilines is 1. The van der Waals surface area contributed by atoms with Crippen molar-refractivity contribution >= 4 is 11.6 Å². The zero-order chi connectivity index (χ0) is 11.2. The Morgan fingerprint density at radius 3 is 2.67 bits per heavy atom. The van der Waals surface area contributed by atoms with Crippen LogP contribution in [0, 0.1) is 11.3 Å².